The van der Waals surface area contributed by atoms with Crippen LogP contribution in [-0.4, -0.2) is 14.7 Å². The summed E-state index contributed by atoms with van der Waals surface area (Å²) in [5, 5.41) is 8.95. The van der Waals surface area contributed by atoms with E-state index >= 15 is 0 Å². The molecule has 4 nitrogen and oxygen atoms in total. The average molecular weight is 246 g/mol. The van der Waals surface area contributed by atoms with Crippen molar-refractivity contribution in [3.05, 3.63) is 48.0 Å². The Kier molecular flexibility index (Phi) is 3.99. The van der Waals surface area contributed by atoms with Crippen molar-refractivity contribution < 1.29 is 9.84 Å². The number of benzene rings is 1. The molecule has 0 radical (unpaired) electrons. The minimum Gasteiger partial charge on any atom is -0.487 e. The van der Waals surface area contributed by atoms with Crippen molar-refractivity contribution in [2.75, 3.05) is 0 Å². The zero-order valence-corrected chi connectivity index (χ0v) is 10.7. The summed E-state index contributed by atoms with van der Waals surface area (Å²) in [5.41, 5.74) is 1.94. The van der Waals surface area contributed by atoms with Crippen molar-refractivity contribution in [2.45, 2.75) is 33.1 Å². The van der Waals surface area contributed by atoms with Crippen LogP contribution in [0.3, 0.4) is 0 Å². The van der Waals surface area contributed by atoms with E-state index in [1.54, 1.807) is 0 Å². The Hall–Kier alpha value is -1.81. The molecule has 1 N–H and O–H groups in total. The van der Waals surface area contributed by atoms with Gasteiger partial charge in [-0.1, -0.05) is 12.1 Å². The number of hydrogen-bond donors (Lipinski definition) is 1. The number of aliphatic hydroxyl groups is 1. The highest BCUT2D eigenvalue weighted by molar-refractivity contribution is 5.26. The van der Waals surface area contributed by atoms with Crippen LogP contribution in [0.5, 0.6) is 5.75 Å². The lowest BCUT2D eigenvalue weighted by molar-refractivity contribution is 0.279. The molecule has 0 fully saturated rings. The Morgan fingerprint density at radius 2 is 2.00 bits per heavy atom. The maximum atomic E-state index is 8.95. The van der Waals surface area contributed by atoms with Gasteiger partial charge in [-0.25, -0.2) is 4.98 Å². The van der Waals surface area contributed by atoms with Gasteiger partial charge in [-0.2, -0.15) is 0 Å². The van der Waals surface area contributed by atoms with Gasteiger partial charge in [-0.3, -0.25) is 0 Å². The van der Waals surface area contributed by atoms with Crippen molar-refractivity contribution >= 4 is 0 Å². The number of hydrogen-bond acceptors (Lipinski definition) is 3. The highest BCUT2D eigenvalue weighted by Crippen LogP contribution is 2.15. The molecule has 0 saturated carbocycles. The van der Waals surface area contributed by atoms with E-state index in [4.69, 9.17) is 9.84 Å². The van der Waals surface area contributed by atoms with Crippen LogP contribution in [0.2, 0.25) is 0 Å². The van der Waals surface area contributed by atoms with Crippen LogP contribution in [0, 0.1) is 0 Å². The lowest BCUT2D eigenvalue weighted by atomic mass is 10.2. The molecule has 2 rings (SSSR count). The Morgan fingerprint density at radius 3 is 2.61 bits per heavy atom. The molecule has 0 unspecified atom stereocenters. The fourth-order valence-corrected chi connectivity index (χ4v) is 1.76. The number of imidazole rings is 1. The lowest BCUT2D eigenvalue weighted by Crippen LogP contribution is -2.07. The molecule has 1 aromatic heterocycles. The third-order valence-electron chi connectivity index (χ3n) is 2.80. The first-order chi connectivity index (χ1) is 8.70. The maximum Gasteiger partial charge on any atom is 0.130 e. The van der Waals surface area contributed by atoms with Crippen molar-refractivity contribution in [1.29, 1.82) is 0 Å². The highest BCUT2D eigenvalue weighted by Gasteiger charge is 2.05. The van der Waals surface area contributed by atoms with Crippen LogP contribution in [0.1, 0.15) is 31.1 Å². The Balaban J connectivity index is 2.00. The second-order valence-corrected chi connectivity index (χ2v) is 4.48. The van der Waals surface area contributed by atoms with Crippen molar-refractivity contribution in [3.63, 3.8) is 0 Å². The van der Waals surface area contributed by atoms with E-state index in [1.165, 1.54) is 0 Å². The van der Waals surface area contributed by atoms with Gasteiger partial charge in [-0.15, -0.1) is 0 Å². The lowest BCUT2D eigenvalue weighted by Gasteiger charge is -2.12. The molecule has 0 atom stereocenters. The maximum absolute atomic E-state index is 8.95. The van der Waals surface area contributed by atoms with Crippen molar-refractivity contribution in [2.24, 2.45) is 0 Å². The Labute approximate surface area is 107 Å². The molecule has 4 heteroatoms. The third-order valence-corrected chi connectivity index (χ3v) is 2.80. The second kappa shape index (κ2) is 5.69. The van der Waals surface area contributed by atoms with E-state index in [0.29, 0.717) is 12.6 Å². The quantitative estimate of drug-likeness (QED) is 0.882. The molecule has 2 aromatic rings. The second-order valence-electron chi connectivity index (χ2n) is 4.48. The molecule has 0 saturated heterocycles. The van der Waals surface area contributed by atoms with Gasteiger partial charge in [0.2, 0.25) is 0 Å². The van der Waals surface area contributed by atoms with E-state index in [0.717, 1.165) is 17.0 Å². The first-order valence-electron chi connectivity index (χ1n) is 6.04. The first kappa shape index (κ1) is 12.6. The van der Waals surface area contributed by atoms with Gasteiger partial charge in [-0.05, 0) is 31.5 Å². The van der Waals surface area contributed by atoms with Crippen LogP contribution in [0.4, 0.5) is 0 Å². The van der Waals surface area contributed by atoms with E-state index in [2.05, 4.69) is 23.4 Å². The third kappa shape index (κ3) is 2.90. The van der Waals surface area contributed by atoms with Crippen LogP contribution < -0.4 is 4.74 Å². The summed E-state index contributed by atoms with van der Waals surface area (Å²) < 4.78 is 7.78. The van der Waals surface area contributed by atoms with Gasteiger partial charge in [0.1, 0.15) is 12.4 Å². The number of ether oxygens (including phenoxy) is 1. The molecule has 0 spiro atoms. The molecular weight excluding hydrogens is 228 g/mol. The van der Waals surface area contributed by atoms with Crippen LogP contribution >= 0.6 is 0 Å². The highest BCUT2D eigenvalue weighted by atomic mass is 16.5. The van der Waals surface area contributed by atoms with E-state index in [9.17, 15) is 0 Å². The number of aliphatic hydroxyl groups excluding tert-OH is 1. The van der Waals surface area contributed by atoms with E-state index in [-0.39, 0.29) is 6.61 Å². The largest absolute Gasteiger partial charge is 0.487 e. The van der Waals surface area contributed by atoms with Gasteiger partial charge >= 0.3 is 0 Å². The van der Waals surface area contributed by atoms with Gasteiger partial charge in [0.05, 0.1) is 24.8 Å². The molecule has 0 amide bonds. The monoisotopic (exact) mass is 246 g/mol. The predicted molar refractivity (Wildman–Crippen MR) is 69.3 cm³/mol. The zero-order chi connectivity index (χ0) is 13.0. The summed E-state index contributed by atoms with van der Waals surface area (Å²) in [7, 11) is 0. The summed E-state index contributed by atoms with van der Waals surface area (Å²) in [5.74, 6) is 0.795. The van der Waals surface area contributed by atoms with Crippen LogP contribution in [0.15, 0.2) is 36.8 Å². The van der Waals surface area contributed by atoms with Gasteiger partial charge in [0.25, 0.3) is 0 Å². The van der Waals surface area contributed by atoms with Crippen LogP contribution in [0.25, 0.3) is 0 Å². The number of aromatic nitrogens is 2. The summed E-state index contributed by atoms with van der Waals surface area (Å²) in [6.07, 6.45) is 3.64. The van der Waals surface area contributed by atoms with Gasteiger partial charge < -0.3 is 14.4 Å². The van der Waals surface area contributed by atoms with Gasteiger partial charge in [0.15, 0.2) is 0 Å². The summed E-state index contributed by atoms with van der Waals surface area (Å²) in [6.45, 7) is 4.78. The number of nitrogens with zero attached hydrogens (tertiary/aromatic N) is 2. The molecule has 1 aromatic carbocycles. The minimum absolute atomic E-state index is 0.0560. The normalized spacial score (nSPS) is 10.9. The Morgan fingerprint density at radius 1 is 1.28 bits per heavy atom. The fraction of sp³-hybridized carbons (Fsp3) is 0.357. The van der Waals surface area contributed by atoms with Gasteiger partial charge in [0, 0.05) is 6.04 Å². The summed E-state index contributed by atoms with van der Waals surface area (Å²) in [6, 6.07) is 7.82. The summed E-state index contributed by atoms with van der Waals surface area (Å²) in [4.78, 5) is 4.13. The van der Waals surface area contributed by atoms with E-state index in [1.807, 2.05) is 36.8 Å². The standard InChI is InChI=1S/C14H18N2O2/c1-11(2)16-10-15-7-13(16)9-18-14-5-3-12(8-17)4-6-14/h3-7,10-11,17H,8-9H2,1-2H3. The summed E-state index contributed by atoms with van der Waals surface area (Å²) >= 11 is 0. The zero-order valence-electron chi connectivity index (χ0n) is 10.7. The molecular formula is C14H18N2O2. The molecule has 1 heterocycles. The molecule has 0 aliphatic rings. The topological polar surface area (TPSA) is 47.3 Å². The first-order valence-corrected chi connectivity index (χ1v) is 6.04. The molecule has 0 bridgehead atoms. The Bertz CT molecular complexity index is 489. The number of rotatable bonds is 5. The van der Waals surface area contributed by atoms with E-state index < -0.39 is 0 Å². The SMILES string of the molecule is CC(C)n1cncc1COc1ccc(CO)cc1. The molecule has 0 aliphatic heterocycles. The van der Waals surface area contributed by atoms with Crippen molar-refractivity contribution in [3.8, 4) is 5.75 Å². The smallest absolute Gasteiger partial charge is 0.130 e. The average Bonchev–Trinajstić information content (AvgIpc) is 2.85. The molecule has 0 aliphatic carbocycles. The predicted octanol–water partition coefficient (Wildman–Crippen LogP) is 2.54. The molecule has 96 valence electrons. The van der Waals surface area contributed by atoms with Crippen molar-refractivity contribution in [1.82, 2.24) is 9.55 Å². The minimum atomic E-state index is 0.0560. The van der Waals surface area contributed by atoms with Crippen LogP contribution in [-0.2, 0) is 13.2 Å². The molecule has 18 heavy (non-hydrogen) atoms. The fourth-order valence-electron chi connectivity index (χ4n) is 1.76.